The summed E-state index contributed by atoms with van der Waals surface area (Å²) in [6.07, 6.45) is 4.09. The molecule has 0 fully saturated rings. The number of nitriles is 1. The van der Waals surface area contributed by atoms with Crippen LogP contribution >= 0.6 is 23.1 Å². The molecule has 0 saturated carbocycles. The number of thiophene rings is 1. The molecule has 1 N–H and O–H groups in total. The zero-order chi connectivity index (χ0) is 19.3. The summed E-state index contributed by atoms with van der Waals surface area (Å²) in [5.41, 5.74) is 0.819. The fraction of sp³-hybridized carbons (Fsp3) is 0.412. The van der Waals surface area contributed by atoms with Gasteiger partial charge in [-0.05, 0) is 25.8 Å². The lowest BCUT2D eigenvalue weighted by atomic mass is 10.1. The Balaban J connectivity index is 2.22. The van der Waals surface area contributed by atoms with E-state index in [0.717, 1.165) is 16.5 Å². The van der Waals surface area contributed by atoms with Gasteiger partial charge < -0.3 is 14.6 Å². The summed E-state index contributed by atoms with van der Waals surface area (Å²) in [6, 6.07) is 2.06. The van der Waals surface area contributed by atoms with Crippen molar-refractivity contribution >= 4 is 40.0 Å². The second kappa shape index (κ2) is 8.87. The summed E-state index contributed by atoms with van der Waals surface area (Å²) in [7, 11) is 1.86. The zero-order valence-electron chi connectivity index (χ0n) is 15.0. The Kier molecular flexibility index (Phi) is 6.83. The number of nitrogens with one attached hydrogen (secondary N) is 1. The van der Waals surface area contributed by atoms with Gasteiger partial charge >= 0.3 is 5.97 Å². The summed E-state index contributed by atoms with van der Waals surface area (Å²) in [4.78, 5) is 29.3. The molecule has 0 aliphatic rings. The van der Waals surface area contributed by atoms with E-state index in [1.54, 1.807) is 20.0 Å². The highest BCUT2D eigenvalue weighted by Gasteiger charge is 2.25. The molecule has 26 heavy (non-hydrogen) atoms. The molecule has 0 saturated heterocycles. The lowest BCUT2D eigenvalue weighted by Gasteiger charge is -2.13. The molecule has 0 aliphatic carbocycles. The van der Waals surface area contributed by atoms with Crippen molar-refractivity contribution in [3.8, 4) is 6.07 Å². The van der Waals surface area contributed by atoms with Gasteiger partial charge in [-0.25, -0.2) is 9.78 Å². The lowest BCUT2D eigenvalue weighted by Crippen LogP contribution is -2.24. The van der Waals surface area contributed by atoms with Gasteiger partial charge in [0.15, 0.2) is 5.16 Å². The minimum Gasteiger partial charge on any atom is -0.462 e. The van der Waals surface area contributed by atoms with Crippen molar-refractivity contribution in [2.45, 2.75) is 37.6 Å². The van der Waals surface area contributed by atoms with Crippen LogP contribution in [0.3, 0.4) is 0 Å². The second-order valence-corrected chi connectivity index (χ2v) is 7.61. The fourth-order valence-electron chi connectivity index (χ4n) is 2.23. The van der Waals surface area contributed by atoms with Gasteiger partial charge in [0.25, 0.3) is 0 Å². The van der Waals surface area contributed by atoms with Crippen LogP contribution in [0.1, 0.15) is 41.1 Å². The third-order valence-electron chi connectivity index (χ3n) is 3.64. The molecule has 1 amide bonds. The number of aryl methyl sites for hydroxylation is 1. The predicted molar refractivity (Wildman–Crippen MR) is 102 cm³/mol. The van der Waals surface area contributed by atoms with Crippen LogP contribution < -0.4 is 5.32 Å². The highest BCUT2D eigenvalue weighted by atomic mass is 32.2. The fourth-order valence-corrected chi connectivity index (χ4v) is 4.22. The molecule has 0 radical (unpaired) electrons. The maximum absolute atomic E-state index is 12.7. The van der Waals surface area contributed by atoms with Crippen molar-refractivity contribution in [3.05, 3.63) is 28.4 Å². The quantitative estimate of drug-likeness (QED) is 0.573. The van der Waals surface area contributed by atoms with Gasteiger partial charge in [0.1, 0.15) is 15.9 Å². The van der Waals surface area contributed by atoms with Crippen molar-refractivity contribution in [3.63, 3.8) is 0 Å². The Morgan fingerprint density at radius 2 is 2.23 bits per heavy atom. The first-order valence-electron chi connectivity index (χ1n) is 8.08. The number of thioether (sulfide) groups is 1. The van der Waals surface area contributed by atoms with E-state index in [0.29, 0.717) is 27.4 Å². The van der Waals surface area contributed by atoms with Crippen LogP contribution in [0.25, 0.3) is 0 Å². The highest BCUT2D eigenvalue weighted by molar-refractivity contribution is 8.00. The molecule has 1 unspecified atom stereocenters. The summed E-state index contributed by atoms with van der Waals surface area (Å²) >= 11 is 2.43. The van der Waals surface area contributed by atoms with Crippen LogP contribution in [-0.2, 0) is 16.6 Å². The van der Waals surface area contributed by atoms with Crippen LogP contribution in [0.5, 0.6) is 0 Å². The van der Waals surface area contributed by atoms with E-state index in [9.17, 15) is 14.9 Å². The van der Waals surface area contributed by atoms with E-state index < -0.39 is 5.97 Å². The molecule has 0 bridgehead atoms. The minimum atomic E-state index is -0.485. The first-order chi connectivity index (χ1) is 12.4. The minimum absolute atomic E-state index is 0.228. The number of aromatic nitrogens is 2. The summed E-state index contributed by atoms with van der Waals surface area (Å²) in [5.74, 6) is -0.713. The molecule has 0 aromatic carbocycles. The van der Waals surface area contributed by atoms with Gasteiger partial charge in [0, 0.05) is 19.4 Å². The number of esters is 1. The number of hydrogen-bond acceptors (Lipinski definition) is 7. The number of carbonyl (C=O) groups is 2. The van der Waals surface area contributed by atoms with Gasteiger partial charge in [-0.2, -0.15) is 5.26 Å². The second-order valence-electron chi connectivity index (χ2n) is 5.42. The highest BCUT2D eigenvalue weighted by Crippen LogP contribution is 2.34. The van der Waals surface area contributed by atoms with Gasteiger partial charge in [-0.3, -0.25) is 4.79 Å². The molecule has 1 atom stereocenters. The summed E-state index contributed by atoms with van der Waals surface area (Å²) in [6.45, 7) is 5.55. The molecule has 2 aromatic heterocycles. The van der Waals surface area contributed by atoms with Crippen molar-refractivity contribution < 1.29 is 14.3 Å². The molecule has 0 aliphatic heterocycles. The number of nitrogens with zero attached hydrogens (tertiary/aromatic N) is 3. The summed E-state index contributed by atoms with van der Waals surface area (Å²) < 4.78 is 6.86. The third kappa shape index (κ3) is 4.26. The third-order valence-corrected chi connectivity index (χ3v) is 6.27. The smallest absolute Gasteiger partial charge is 0.348 e. The standard InChI is InChI=1S/C17H20N4O3S2/c1-5-12(25-17-19-7-8-21(17)4)14(22)20-15-11(9-18)10(3)13(26-15)16(23)24-6-2/h7-8,12H,5-6H2,1-4H3,(H,20,22). The molecule has 2 heterocycles. The maximum atomic E-state index is 12.7. The average molecular weight is 393 g/mol. The number of amides is 1. The van der Waals surface area contributed by atoms with Crippen molar-refractivity contribution in [1.82, 2.24) is 9.55 Å². The van der Waals surface area contributed by atoms with Gasteiger partial charge in [-0.1, -0.05) is 18.7 Å². The van der Waals surface area contributed by atoms with Crippen molar-refractivity contribution in [2.24, 2.45) is 7.05 Å². The monoisotopic (exact) mass is 392 g/mol. The number of rotatable bonds is 7. The Hall–Kier alpha value is -2.31. The molecule has 2 aromatic rings. The van der Waals surface area contributed by atoms with Gasteiger partial charge in [0.05, 0.1) is 17.4 Å². The van der Waals surface area contributed by atoms with E-state index >= 15 is 0 Å². The van der Waals surface area contributed by atoms with E-state index in [2.05, 4.69) is 16.4 Å². The van der Waals surface area contributed by atoms with Crippen LogP contribution in [0, 0.1) is 18.3 Å². The van der Waals surface area contributed by atoms with Crippen molar-refractivity contribution in [2.75, 3.05) is 11.9 Å². The number of imidazole rings is 1. The van der Waals surface area contributed by atoms with Crippen LogP contribution in [0.2, 0.25) is 0 Å². The lowest BCUT2D eigenvalue weighted by molar-refractivity contribution is -0.115. The normalized spacial score (nSPS) is 11.7. The van der Waals surface area contributed by atoms with Crippen LogP contribution in [-0.4, -0.2) is 33.3 Å². The Bertz CT molecular complexity index is 851. The maximum Gasteiger partial charge on any atom is 0.348 e. The summed E-state index contributed by atoms with van der Waals surface area (Å²) in [5, 5.41) is 13.0. The molecule has 138 valence electrons. The first-order valence-corrected chi connectivity index (χ1v) is 9.77. The SMILES string of the molecule is CCOC(=O)c1sc(NC(=O)C(CC)Sc2nccn2C)c(C#N)c1C. The molecular formula is C17H20N4O3S2. The molecular weight excluding hydrogens is 372 g/mol. The van der Waals surface area contributed by atoms with Gasteiger partial charge in [-0.15, -0.1) is 11.3 Å². The number of hydrogen-bond donors (Lipinski definition) is 1. The van der Waals surface area contributed by atoms with E-state index in [-0.39, 0.29) is 17.8 Å². The Morgan fingerprint density at radius 3 is 2.77 bits per heavy atom. The van der Waals surface area contributed by atoms with Crippen molar-refractivity contribution in [1.29, 1.82) is 5.26 Å². The Morgan fingerprint density at radius 1 is 1.50 bits per heavy atom. The first kappa shape index (κ1) is 20.0. The number of carbonyl (C=O) groups excluding carboxylic acids is 2. The molecule has 7 nitrogen and oxygen atoms in total. The van der Waals surface area contributed by atoms with E-state index in [4.69, 9.17) is 4.74 Å². The van der Waals surface area contributed by atoms with Crippen LogP contribution in [0.15, 0.2) is 17.6 Å². The zero-order valence-corrected chi connectivity index (χ0v) is 16.7. The molecule has 9 heteroatoms. The average Bonchev–Trinajstić information content (AvgIpc) is 3.15. The van der Waals surface area contributed by atoms with Crippen LogP contribution in [0.4, 0.5) is 5.00 Å². The molecule has 0 spiro atoms. The Labute approximate surface area is 160 Å². The van der Waals surface area contributed by atoms with E-state index in [1.807, 2.05) is 24.7 Å². The largest absolute Gasteiger partial charge is 0.462 e. The number of anilines is 1. The van der Waals surface area contributed by atoms with E-state index in [1.165, 1.54) is 11.8 Å². The number of ether oxygens (including phenoxy) is 1. The molecule has 2 rings (SSSR count). The predicted octanol–water partition coefficient (Wildman–Crippen LogP) is 3.35. The topological polar surface area (TPSA) is 97.0 Å². The van der Waals surface area contributed by atoms with Gasteiger partial charge in [0.2, 0.25) is 5.91 Å².